The Balaban J connectivity index is 1.86. The van der Waals surface area contributed by atoms with Crippen molar-refractivity contribution in [2.45, 2.75) is 38.6 Å². The van der Waals surface area contributed by atoms with E-state index in [-0.39, 0.29) is 0 Å². The molecule has 0 spiro atoms. The van der Waals surface area contributed by atoms with Crippen molar-refractivity contribution >= 4 is 11.3 Å². The first-order valence-corrected chi connectivity index (χ1v) is 7.11. The van der Waals surface area contributed by atoms with E-state index in [1.54, 1.807) is 0 Å². The second-order valence-corrected chi connectivity index (χ2v) is 5.26. The Morgan fingerprint density at radius 3 is 3.11 bits per heavy atom. The lowest BCUT2D eigenvalue weighted by atomic mass is 9.99. The van der Waals surface area contributed by atoms with E-state index >= 15 is 0 Å². The first-order valence-electron chi connectivity index (χ1n) is 7.11. The minimum Gasteiger partial charge on any atom is -0.396 e. The minimum absolute atomic E-state index is 0.590. The summed E-state index contributed by atoms with van der Waals surface area (Å²) in [6.45, 7) is 4.56. The number of nitrogens with zero attached hydrogens (tertiary/aromatic N) is 4. The van der Waals surface area contributed by atoms with Crippen molar-refractivity contribution < 1.29 is 0 Å². The fraction of sp³-hybridized carbons (Fsp3) is 0.571. The summed E-state index contributed by atoms with van der Waals surface area (Å²) in [6.07, 6.45) is 6.85. The molecule has 1 aliphatic rings. The molecule has 1 aliphatic heterocycles. The second-order valence-electron chi connectivity index (χ2n) is 5.26. The molecular weight excluding hydrogens is 238 g/mol. The van der Waals surface area contributed by atoms with E-state index in [4.69, 9.17) is 5.73 Å². The number of nitrogen functional groups attached to an aromatic ring is 1. The second kappa shape index (κ2) is 5.17. The van der Waals surface area contributed by atoms with Gasteiger partial charge in [-0.2, -0.15) is 0 Å². The topological polar surface area (TPSA) is 59.5 Å². The molecule has 1 unspecified atom stereocenters. The molecule has 0 aliphatic carbocycles. The van der Waals surface area contributed by atoms with Gasteiger partial charge < -0.3 is 10.6 Å². The Labute approximate surface area is 113 Å². The zero-order valence-electron chi connectivity index (χ0n) is 11.4. The van der Waals surface area contributed by atoms with Crippen molar-refractivity contribution in [2.24, 2.45) is 0 Å². The van der Waals surface area contributed by atoms with Gasteiger partial charge in [-0.05, 0) is 38.1 Å². The Kier molecular flexibility index (Phi) is 3.38. The highest BCUT2D eigenvalue weighted by Gasteiger charge is 2.23. The summed E-state index contributed by atoms with van der Waals surface area (Å²) in [4.78, 5) is 2.55. The van der Waals surface area contributed by atoms with Gasteiger partial charge in [-0.1, -0.05) is 13.3 Å². The van der Waals surface area contributed by atoms with Crippen LogP contribution in [0.4, 0.5) is 5.69 Å². The molecule has 5 nitrogen and oxygen atoms in total. The van der Waals surface area contributed by atoms with Gasteiger partial charge in [-0.15, -0.1) is 10.2 Å². The van der Waals surface area contributed by atoms with Crippen LogP contribution < -0.4 is 5.73 Å². The van der Waals surface area contributed by atoms with Crippen LogP contribution in [-0.4, -0.2) is 38.6 Å². The Hall–Kier alpha value is -1.62. The summed E-state index contributed by atoms with van der Waals surface area (Å²) in [7, 11) is 0. The van der Waals surface area contributed by atoms with Crippen LogP contribution in [0.25, 0.3) is 5.65 Å². The molecule has 2 aromatic rings. The summed E-state index contributed by atoms with van der Waals surface area (Å²) < 4.78 is 2.03. The molecule has 1 saturated heterocycles. The largest absolute Gasteiger partial charge is 0.396 e. The number of aromatic nitrogens is 3. The third-order valence-electron chi connectivity index (χ3n) is 4.11. The molecule has 19 heavy (non-hydrogen) atoms. The van der Waals surface area contributed by atoms with Gasteiger partial charge in [0.15, 0.2) is 5.65 Å². The summed E-state index contributed by atoms with van der Waals surface area (Å²) in [5.74, 6) is 1.02. The average Bonchev–Trinajstić information content (AvgIpc) is 2.84. The van der Waals surface area contributed by atoms with Gasteiger partial charge in [-0.3, -0.25) is 4.40 Å². The van der Waals surface area contributed by atoms with E-state index in [1.807, 2.05) is 22.7 Å². The fourth-order valence-electron chi connectivity index (χ4n) is 3.04. The first-order chi connectivity index (χ1) is 9.29. The number of pyridine rings is 1. The van der Waals surface area contributed by atoms with Gasteiger partial charge >= 0.3 is 0 Å². The van der Waals surface area contributed by atoms with Gasteiger partial charge in [0.1, 0.15) is 5.82 Å². The zero-order chi connectivity index (χ0) is 13.2. The van der Waals surface area contributed by atoms with Crippen molar-refractivity contribution in [3.8, 4) is 0 Å². The van der Waals surface area contributed by atoms with Crippen LogP contribution in [0.15, 0.2) is 18.3 Å². The van der Waals surface area contributed by atoms with Crippen LogP contribution in [0.3, 0.4) is 0 Å². The van der Waals surface area contributed by atoms with Gasteiger partial charge in [0.2, 0.25) is 0 Å². The highest BCUT2D eigenvalue weighted by molar-refractivity contribution is 5.63. The van der Waals surface area contributed by atoms with Crippen molar-refractivity contribution in [2.75, 3.05) is 18.8 Å². The normalized spacial score (nSPS) is 21.0. The molecule has 3 rings (SSSR count). The molecule has 2 N–H and O–H groups in total. The average molecular weight is 259 g/mol. The molecule has 5 heteroatoms. The van der Waals surface area contributed by atoms with Crippen molar-refractivity contribution in [3.63, 3.8) is 0 Å². The van der Waals surface area contributed by atoms with Gasteiger partial charge in [-0.25, -0.2) is 0 Å². The number of nitrogens with two attached hydrogens (primary N) is 1. The van der Waals surface area contributed by atoms with Crippen LogP contribution in [-0.2, 0) is 6.42 Å². The highest BCUT2D eigenvalue weighted by atomic mass is 15.3. The highest BCUT2D eigenvalue weighted by Crippen LogP contribution is 2.21. The molecular formula is C14H21N5. The number of hydrogen-bond acceptors (Lipinski definition) is 4. The minimum atomic E-state index is 0.590. The van der Waals surface area contributed by atoms with Crippen LogP contribution in [0.1, 0.15) is 32.0 Å². The Morgan fingerprint density at radius 1 is 1.37 bits per heavy atom. The van der Waals surface area contributed by atoms with E-state index in [2.05, 4.69) is 22.0 Å². The lowest BCUT2D eigenvalue weighted by Crippen LogP contribution is -2.40. The van der Waals surface area contributed by atoms with E-state index in [9.17, 15) is 0 Å². The predicted octanol–water partition coefficient (Wildman–Crippen LogP) is 1.73. The SMILES string of the molecule is CCN1CCCCC1Cc1nnc2c(N)cccn12. The number of rotatable bonds is 3. The summed E-state index contributed by atoms with van der Waals surface area (Å²) in [5, 5.41) is 8.53. The van der Waals surface area contributed by atoms with Crippen LogP contribution >= 0.6 is 0 Å². The number of piperidine rings is 1. The van der Waals surface area contributed by atoms with E-state index in [0.29, 0.717) is 11.7 Å². The summed E-state index contributed by atoms with van der Waals surface area (Å²) in [5.41, 5.74) is 7.39. The van der Waals surface area contributed by atoms with Crippen molar-refractivity contribution in [1.82, 2.24) is 19.5 Å². The molecule has 0 bridgehead atoms. The number of hydrogen-bond donors (Lipinski definition) is 1. The molecule has 0 saturated carbocycles. The number of fused-ring (bicyclic) bond motifs is 1. The van der Waals surface area contributed by atoms with Crippen LogP contribution in [0.2, 0.25) is 0 Å². The molecule has 102 valence electrons. The molecule has 1 atom stereocenters. The van der Waals surface area contributed by atoms with Crippen LogP contribution in [0.5, 0.6) is 0 Å². The van der Waals surface area contributed by atoms with E-state index in [0.717, 1.165) is 24.4 Å². The third kappa shape index (κ3) is 2.30. The Bertz CT molecular complexity index is 562. The molecule has 2 aromatic heterocycles. The molecule has 0 aromatic carbocycles. The predicted molar refractivity (Wildman–Crippen MR) is 76.0 cm³/mol. The van der Waals surface area contributed by atoms with Gasteiger partial charge in [0, 0.05) is 18.7 Å². The quantitative estimate of drug-likeness (QED) is 0.912. The molecule has 0 radical (unpaired) electrons. The Morgan fingerprint density at radius 2 is 2.26 bits per heavy atom. The summed E-state index contributed by atoms with van der Waals surface area (Å²) >= 11 is 0. The smallest absolute Gasteiger partial charge is 0.183 e. The number of likely N-dealkylation sites (tertiary alicyclic amines) is 1. The fourth-order valence-corrected chi connectivity index (χ4v) is 3.04. The molecule has 3 heterocycles. The maximum Gasteiger partial charge on any atom is 0.183 e. The number of likely N-dealkylation sites (N-methyl/N-ethyl adjacent to an activating group) is 1. The molecule has 0 amide bonds. The lowest BCUT2D eigenvalue weighted by Gasteiger charge is -2.34. The first kappa shape index (κ1) is 12.4. The standard InChI is InChI=1S/C14H21N5/c1-2-18-8-4-3-6-11(18)10-13-16-17-14-12(15)7-5-9-19(13)14/h5,7,9,11H,2-4,6,8,10,15H2,1H3. The van der Waals surface area contributed by atoms with Crippen molar-refractivity contribution in [3.05, 3.63) is 24.2 Å². The zero-order valence-corrected chi connectivity index (χ0v) is 11.4. The monoisotopic (exact) mass is 259 g/mol. The van der Waals surface area contributed by atoms with Gasteiger partial charge in [0.25, 0.3) is 0 Å². The van der Waals surface area contributed by atoms with E-state index < -0.39 is 0 Å². The van der Waals surface area contributed by atoms with Crippen molar-refractivity contribution in [1.29, 1.82) is 0 Å². The summed E-state index contributed by atoms with van der Waals surface area (Å²) in [6, 6.07) is 4.41. The van der Waals surface area contributed by atoms with Gasteiger partial charge in [0.05, 0.1) is 5.69 Å². The lowest BCUT2D eigenvalue weighted by molar-refractivity contribution is 0.153. The maximum atomic E-state index is 5.92. The molecule has 1 fully saturated rings. The third-order valence-corrected chi connectivity index (χ3v) is 4.11. The van der Waals surface area contributed by atoms with Crippen LogP contribution in [0, 0.1) is 0 Å². The number of anilines is 1. The maximum absolute atomic E-state index is 5.92. The van der Waals surface area contributed by atoms with E-state index in [1.165, 1.54) is 25.8 Å².